The van der Waals surface area contributed by atoms with Gasteiger partial charge in [0.05, 0.1) is 5.41 Å². The molecule has 0 radical (unpaired) electrons. The second-order valence-electron chi connectivity index (χ2n) is 5.10. The molecular weight excluding hydrogens is 250 g/mol. The van der Waals surface area contributed by atoms with Gasteiger partial charge < -0.3 is 5.73 Å². The molecule has 3 nitrogen and oxygen atoms in total. The van der Waals surface area contributed by atoms with Crippen molar-refractivity contribution in [3.8, 4) is 0 Å². The summed E-state index contributed by atoms with van der Waals surface area (Å²) in [5, 5.41) is 0. The van der Waals surface area contributed by atoms with Crippen molar-refractivity contribution in [2.24, 2.45) is 5.73 Å². The van der Waals surface area contributed by atoms with Gasteiger partial charge in [0.15, 0.2) is 5.78 Å². The lowest BCUT2D eigenvalue weighted by molar-refractivity contribution is -0.122. The number of Topliss-reactive ketones (excluding diaryl/α,β-unsaturated/α-hetero) is 1. The average molecular weight is 265 g/mol. The van der Waals surface area contributed by atoms with Crippen molar-refractivity contribution in [1.29, 1.82) is 0 Å². The predicted octanol–water partition coefficient (Wildman–Crippen LogP) is 2.43. The maximum atomic E-state index is 12.3. The Kier molecular flexibility index (Phi) is 2.90. The number of nitrogens with two attached hydrogens (primary N) is 1. The van der Waals surface area contributed by atoms with Gasteiger partial charge in [0.25, 0.3) is 0 Å². The predicted molar refractivity (Wildman–Crippen MR) is 76.4 cm³/mol. The van der Waals surface area contributed by atoms with Crippen LogP contribution in [0.3, 0.4) is 0 Å². The van der Waals surface area contributed by atoms with Crippen molar-refractivity contribution in [2.45, 2.75) is 18.3 Å². The minimum Gasteiger partial charge on any atom is -0.369 e. The molecule has 0 heterocycles. The first-order chi connectivity index (χ1) is 9.66. The zero-order valence-corrected chi connectivity index (χ0v) is 11.0. The van der Waals surface area contributed by atoms with E-state index in [2.05, 4.69) is 0 Å². The van der Waals surface area contributed by atoms with Gasteiger partial charge in [-0.1, -0.05) is 54.6 Å². The molecule has 20 heavy (non-hydrogen) atoms. The van der Waals surface area contributed by atoms with E-state index in [0.717, 1.165) is 11.1 Å². The Morgan fingerprint density at radius 2 is 1.65 bits per heavy atom. The third-order valence-electron chi connectivity index (χ3n) is 4.10. The molecule has 1 aliphatic rings. The third-order valence-corrected chi connectivity index (χ3v) is 4.10. The van der Waals surface area contributed by atoms with Crippen molar-refractivity contribution < 1.29 is 9.59 Å². The first kappa shape index (κ1) is 12.6. The Balaban J connectivity index is 2.31. The fraction of sp³-hybridized carbons (Fsp3) is 0.176. The fourth-order valence-corrected chi connectivity index (χ4v) is 3.09. The number of ketones is 1. The Morgan fingerprint density at radius 3 is 2.35 bits per heavy atom. The van der Waals surface area contributed by atoms with Crippen LogP contribution in [-0.2, 0) is 10.2 Å². The van der Waals surface area contributed by atoms with Crippen molar-refractivity contribution in [3.63, 3.8) is 0 Å². The zero-order valence-electron chi connectivity index (χ0n) is 11.0. The SMILES string of the molecule is NC(=O)C1(c2ccccc2)CCC(=O)c2ccccc21. The number of hydrogen-bond donors (Lipinski definition) is 1. The van der Waals surface area contributed by atoms with Crippen LogP contribution in [0.1, 0.15) is 34.3 Å². The van der Waals surface area contributed by atoms with E-state index < -0.39 is 11.3 Å². The maximum Gasteiger partial charge on any atom is 0.232 e. The van der Waals surface area contributed by atoms with E-state index in [9.17, 15) is 9.59 Å². The second-order valence-corrected chi connectivity index (χ2v) is 5.10. The van der Waals surface area contributed by atoms with E-state index in [1.54, 1.807) is 6.07 Å². The molecule has 1 unspecified atom stereocenters. The topological polar surface area (TPSA) is 60.2 Å². The number of hydrogen-bond acceptors (Lipinski definition) is 2. The highest BCUT2D eigenvalue weighted by Gasteiger charge is 2.45. The van der Waals surface area contributed by atoms with Crippen LogP contribution in [-0.4, -0.2) is 11.7 Å². The molecule has 0 spiro atoms. The third kappa shape index (κ3) is 1.67. The lowest BCUT2D eigenvalue weighted by Gasteiger charge is -2.36. The first-order valence-electron chi connectivity index (χ1n) is 6.64. The van der Waals surface area contributed by atoms with Gasteiger partial charge in [-0.25, -0.2) is 0 Å². The summed E-state index contributed by atoms with van der Waals surface area (Å²) in [5.74, 6) is -0.322. The lowest BCUT2D eigenvalue weighted by Crippen LogP contribution is -2.45. The molecule has 0 saturated carbocycles. The highest BCUT2D eigenvalue weighted by atomic mass is 16.1. The summed E-state index contributed by atoms with van der Waals surface area (Å²) in [6, 6.07) is 16.8. The first-order valence-corrected chi connectivity index (χ1v) is 6.64. The van der Waals surface area contributed by atoms with Crippen LogP contribution in [0.15, 0.2) is 54.6 Å². The number of rotatable bonds is 2. The van der Waals surface area contributed by atoms with Gasteiger partial charge in [0.1, 0.15) is 0 Å². The Morgan fingerprint density at radius 1 is 1.00 bits per heavy atom. The molecule has 0 fully saturated rings. The van der Waals surface area contributed by atoms with Crippen LogP contribution in [0, 0.1) is 0 Å². The molecule has 100 valence electrons. The number of carbonyl (C=O) groups excluding carboxylic acids is 2. The molecule has 1 amide bonds. The van der Waals surface area contributed by atoms with Crippen molar-refractivity contribution in [2.75, 3.05) is 0 Å². The molecule has 0 aliphatic heterocycles. The monoisotopic (exact) mass is 265 g/mol. The van der Waals surface area contributed by atoms with E-state index >= 15 is 0 Å². The van der Waals surface area contributed by atoms with Crippen molar-refractivity contribution in [3.05, 3.63) is 71.3 Å². The number of benzene rings is 2. The second kappa shape index (κ2) is 4.60. The van der Waals surface area contributed by atoms with Crippen LogP contribution >= 0.6 is 0 Å². The van der Waals surface area contributed by atoms with Crippen LogP contribution in [0.2, 0.25) is 0 Å². The molecule has 2 aromatic carbocycles. The van der Waals surface area contributed by atoms with E-state index in [4.69, 9.17) is 5.73 Å². The summed E-state index contributed by atoms with van der Waals surface area (Å²) >= 11 is 0. The number of primary amides is 1. The van der Waals surface area contributed by atoms with Gasteiger partial charge in [-0.2, -0.15) is 0 Å². The summed E-state index contributed by atoms with van der Waals surface area (Å²) in [6.07, 6.45) is 0.775. The Labute approximate surface area is 117 Å². The van der Waals surface area contributed by atoms with Gasteiger partial charge in [0.2, 0.25) is 5.91 Å². The minimum absolute atomic E-state index is 0.0772. The van der Waals surface area contributed by atoms with Crippen LogP contribution in [0.25, 0.3) is 0 Å². The summed E-state index contributed by atoms with van der Waals surface area (Å²) < 4.78 is 0. The number of amides is 1. The largest absolute Gasteiger partial charge is 0.369 e. The van der Waals surface area contributed by atoms with Crippen LogP contribution in [0.5, 0.6) is 0 Å². The number of carbonyl (C=O) groups is 2. The quantitative estimate of drug-likeness (QED) is 0.906. The van der Waals surface area contributed by atoms with Crippen LogP contribution < -0.4 is 5.73 Å². The highest BCUT2D eigenvalue weighted by molar-refractivity contribution is 6.04. The summed E-state index contributed by atoms with van der Waals surface area (Å²) in [7, 11) is 0. The molecule has 3 rings (SSSR count). The van der Waals surface area contributed by atoms with Gasteiger partial charge in [-0.3, -0.25) is 9.59 Å². The molecule has 0 bridgehead atoms. The fourth-order valence-electron chi connectivity index (χ4n) is 3.09. The molecule has 1 aliphatic carbocycles. The minimum atomic E-state index is -0.897. The van der Waals surface area contributed by atoms with Crippen LogP contribution in [0.4, 0.5) is 0 Å². The molecule has 2 aromatic rings. The van der Waals surface area contributed by atoms with Gasteiger partial charge in [-0.15, -0.1) is 0 Å². The summed E-state index contributed by atoms with van der Waals surface area (Å²) in [4.78, 5) is 24.3. The lowest BCUT2D eigenvalue weighted by atomic mass is 9.65. The van der Waals surface area contributed by atoms with Gasteiger partial charge in [-0.05, 0) is 17.5 Å². The molecule has 0 saturated heterocycles. The van der Waals surface area contributed by atoms with Gasteiger partial charge in [0, 0.05) is 12.0 Å². The highest BCUT2D eigenvalue weighted by Crippen LogP contribution is 2.42. The zero-order chi connectivity index (χ0) is 14.2. The normalized spacial score (nSPS) is 21.3. The van der Waals surface area contributed by atoms with E-state index in [0.29, 0.717) is 18.4 Å². The van der Waals surface area contributed by atoms with E-state index in [-0.39, 0.29) is 5.78 Å². The summed E-state index contributed by atoms with van der Waals surface area (Å²) in [5.41, 5.74) is 7.05. The molecule has 3 heteroatoms. The van der Waals surface area contributed by atoms with Crippen molar-refractivity contribution >= 4 is 11.7 Å². The molecule has 0 aromatic heterocycles. The van der Waals surface area contributed by atoms with Crippen molar-refractivity contribution in [1.82, 2.24) is 0 Å². The number of fused-ring (bicyclic) bond motifs is 1. The maximum absolute atomic E-state index is 12.3. The Hall–Kier alpha value is -2.42. The standard InChI is InChI=1S/C17H15NO2/c18-16(20)17(12-6-2-1-3-7-12)11-10-15(19)13-8-4-5-9-14(13)17/h1-9H,10-11H2,(H2,18,20). The molecule has 2 N–H and O–H groups in total. The summed E-state index contributed by atoms with van der Waals surface area (Å²) in [6.45, 7) is 0. The Bertz CT molecular complexity index is 678. The van der Waals surface area contributed by atoms with Gasteiger partial charge >= 0.3 is 0 Å². The van der Waals surface area contributed by atoms with E-state index in [1.165, 1.54) is 0 Å². The van der Waals surface area contributed by atoms with E-state index in [1.807, 2.05) is 48.5 Å². The average Bonchev–Trinajstić information content (AvgIpc) is 2.49. The molecular formula is C17H15NO2. The smallest absolute Gasteiger partial charge is 0.232 e. The molecule has 1 atom stereocenters.